The molecule has 0 aliphatic carbocycles. The van der Waals surface area contributed by atoms with E-state index in [4.69, 9.17) is 0 Å². The smallest absolute Gasteiger partial charge is 0.0940 e. The summed E-state index contributed by atoms with van der Waals surface area (Å²) in [6, 6.07) is 11.9. The lowest BCUT2D eigenvalue weighted by atomic mass is 10.0. The number of nitrogens with one attached hydrogen (secondary N) is 1. The Morgan fingerprint density at radius 2 is 1.71 bits per heavy atom. The predicted octanol–water partition coefficient (Wildman–Crippen LogP) is 2.36. The van der Waals surface area contributed by atoms with Crippen LogP contribution in [0.15, 0.2) is 48.8 Å². The molecule has 2 unspecified atom stereocenters. The molecule has 0 spiro atoms. The molecule has 0 amide bonds. The Labute approximate surface area is 126 Å². The fraction of sp³-hybridized carbons (Fsp3) is 0.353. The summed E-state index contributed by atoms with van der Waals surface area (Å²) in [7, 11) is 4.01. The fourth-order valence-electron chi connectivity index (χ4n) is 2.15. The Morgan fingerprint density at radius 3 is 2.29 bits per heavy atom. The number of hydrogen-bond donors (Lipinski definition) is 2. The number of aromatic nitrogens is 1. The molecule has 2 N–H and O–H groups in total. The van der Waals surface area contributed by atoms with Gasteiger partial charge < -0.3 is 15.3 Å². The molecule has 1 heterocycles. The van der Waals surface area contributed by atoms with E-state index in [0.717, 1.165) is 23.4 Å². The van der Waals surface area contributed by atoms with Crippen molar-refractivity contribution < 1.29 is 5.11 Å². The van der Waals surface area contributed by atoms with Crippen LogP contribution in [0.4, 0.5) is 5.69 Å². The van der Waals surface area contributed by atoms with E-state index in [9.17, 15) is 5.11 Å². The summed E-state index contributed by atoms with van der Waals surface area (Å²) < 4.78 is 0. The third-order valence-corrected chi connectivity index (χ3v) is 3.60. The fourth-order valence-corrected chi connectivity index (χ4v) is 2.15. The zero-order valence-electron chi connectivity index (χ0n) is 12.8. The number of rotatable bonds is 6. The van der Waals surface area contributed by atoms with E-state index in [1.54, 1.807) is 12.4 Å². The lowest BCUT2D eigenvalue weighted by Gasteiger charge is -2.21. The minimum atomic E-state index is -0.525. The second-order valence-corrected chi connectivity index (χ2v) is 5.46. The molecule has 2 rings (SSSR count). The molecule has 112 valence electrons. The molecular weight excluding hydrogens is 262 g/mol. The van der Waals surface area contributed by atoms with Gasteiger partial charge >= 0.3 is 0 Å². The Hall–Kier alpha value is -1.91. The van der Waals surface area contributed by atoms with Crippen LogP contribution in [0.5, 0.6) is 0 Å². The van der Waals surface area contributed by atoms with E-state index in [-0.39, 0.29) is 6.04 Å². The topological polar surface area (TPSA) is 48.4 Å². The summed E-state index contributed by atoms with van der Waals surface area (Å²) in [5.41, 5.74) is 3.21. The van der Waals surface area contributed by atoms with E-state index < -0.39 is 6.10 Å². The maximum Gasteiger partial charge on any atom is 0.0940 e. The van der Waals surface area contributed by atoms with Crippen molar-refractivity contribution in [2.24, 2.45) is 0 Å². The third-order valence-electron chi connectivity index (χ3n) is 3.60. The van der Waals surface area contributed by atoms with Crippen molar-refractivity contribution >= 4 is 5.69 Å². The van der Waals surface area contributed by atoms with E-state index in [1.165, 1.54) is 0 Å². The molecule has 0 aliphatic rings. The first-order valence-electron chi connectivity index (χ1n) is 7.15. The SMILES string of the molecule is CC(NCc1ccncc1)C(O)c1ccc(N(C)C)cc1. The van der Waals surface area contributed by atoms with Crippen LogP contribution in [0.2, 0.25) is 0 Å². The molecule has 1 aromatic carbocycles. The molecule has 4 heteroatoms. The van der Waals surface area contributed by atoms with E-state index in [0.29, 0.717) is 0 Å². The average Bonchev–Trinajstić information content (AvgIpc) is 2.53. The average molecular weight is 285 g/mol. The van der Waals surface area contributed by atoms with Gasteiger partial charge in [-0.05, 0) is 42.3 Å². The summed E-state index contributed by atoms with van der Waals surface area (Å²) in [5.74, 6) is 0. The summed E-state index contributed by atoms with van der Waals surface area (Å²) in [4.78, 5) is 6.04. The summed E-state index contributed by atoms with van der Waals surface area (Å²) >= 11 is 0. The van der Waals surface area contributed by atoms with Gasteiger partial charge in [-0.25, -0.2) is 0 Å². The molecule has 4 nitrogen and oxygen atoms in total. The Morgan fingerprint density at radius 1 is 1.10 bits per heavy atom. The van der Waals surface area contributed by atoms with Gasteiger partial charge in [0.25, 0.3) is 0 Å². The van der Waals surface area contributed by atoms with Gasteiger partial charge in [0.1, 0.15) is 0 Å². The van der Waals surface area contributed by atoms with E-state index >= 15 is 0 Å². The molecule has 21 heavy (non-hydrogen) atoms. The Bertz CT molecular complexity index is 540. The maximum absolute atomic E-state index is 10.4. The normalized spacial score (nSPS) is 13.7. The number of nitrogens with zero attached hydrogens (tertiary/aromatic N) is 2. The number of aliphatic hydroxyl groups excluding tert-OH is 1. The van der Waals surface area contributed by atoms with E-state index in [1.807, 2.05) is 62.3 Å². The van der Waals surface area contributed by atoms with Crippen molar-refractivity contribution in [3.05, 3.63) is 59.9 Å². The zero-order valence-corrected chi connectivity index (χ0v) is 12.8. The predicted molar refractivity (Wildman–Crippen MR) is 86.3 cm³/mol. The van der Waals surface area contributed by atoms with Crippen molar-refractivity contribution in [3.8, 4) is 0 Å². The van der Waals surface area contributed by atoms with E-state index in [2.05, 4.69) is 10.3 Å². The van der Waals surface area contributed by atoms with Crippen LogP contribution in [0.3, 0.4) is 0 Å². The van der Waals surface area contributed by atoms with Gasteiger partial charge in [0, 0.05) is 44.8 Å². The molecular formula is C17H23N3O. The molecule has 0 fully saturated rings. The highest BCUT2D eigenvalue weighted by atomic mass is 16.3. The second kappa shape index (κ2) is 7.20. The van der Waals surface area contributed by atoms with Gasteiger partial charge in [-0.15, -0.1) is 0 Å². The molecule has 1 aromatic heterocycles. The van der Waals surface area contributed by atoms with Crippen LogP contribution in [-0.2, 0) is 6.54 Å². The Kier molecular flexibility index (Phi) is 5.31. The Balaban J connectivity index is 1.93. The third kappa shape index (κ3) is 4.28. The quantitative estimate of drug-likeness (QED) is 0.855. The van der Waals surface area contributed by atoms with Gasteiger partial charge in [0.15, 0.2) is 0 Å². The number of benzene rings is 1. The minimum absolute atomic E-state index is 0.0247. The molecule has 2 aromatic rings. The lowest BCUT2D eigenvalue weighted by Crippen LogP contribution is -2.31. The number of pyridine rings is 1. The highest BCUT2D eigenvalue weighted by molar-refractivity contribution is 5.46. The van der Waals surface area contributed by atoms with Crippen LogP contribution in [0.1, 0.15) is 24.2 Å². The molecule has 0 aliphatic heterocycles. The van der Waals surface area contributed by atoms with Crippen LogP contribution in [0, 0.1) is 0 Å². The first kappa shape index (κ1) is 15.5. The molecule has 0 bridgehead atoms. The molecule has 0 radical (unpaired) electrons. The number of aliphatic hydroxyl groups is 1. The zero-order chi connectivity index (χ0) is 15.2. The monoisotopic (exact) mass is 285 g/mol. The highest BCUT2D eigenvalue weighted by Gasteiger charge is 2.15. The van der Waals surface area contributed by atoms with Gasteiger partial charge in [-0.2, -0.15) is 0 Å². The maximum atomic E-state index is 10.4. The molecule has 2 atom stereocenters. The van der Waals surface area contributed by atoms with Crippen molar-refractivity contribution in [3.63, 3.8) is 0 Å². The summed E-state index contributed by atoms with van der Waals surface area (Å²) in [6.45, 7) is 2.71. The molecule has 0 saturated heterocycles. The van der Waals surface area contributed by atoms with Crippen molar-refractivity contribution in [1.29, 1.82) is 0 Å². The van der Waals surface area contributed by atoms with Crippen LogP contribution >= 0.6 is 0 Å². The van der Waals surface area contributed by atoms with Gasteiger partial charge in [0.05, 0.1) is 6.10 Å². The summed E-state index contributed by atoms with van der Waals surface area (Å²) in [6.07, 6.45) is 3.03. The first-order chi connectivity index (χ1) is 10.1. The minimum Gasteiger partial charge on any atom is -0.387 e. The van der Waals surface area contributed by atoms with Crippen LogP contribution in [-0.4, -0.2) is 30.2 Å². The second-order valence-electron chi connectivity index (χ2n) is 5.46. The van der Waals surface area contributed by atoms with Gasteiger partial charge in [-0.1, -0.05) is 12.1 Å². The summed E-state index contributed by atoms with van der Waals surface area (Å²) in [5, 5.41) is 13.8. The largest absolute Gasteiger partial charge is 0.387 e. The van der Waals surface area contributed by atoms with Crippen molar-refractivity contribution in [1.82, 2.24) is 10.3 Å². The number of hydrogen-bond acceptors (Lipinski definition) is 4. The van der Waals surface area contributed by atoms with Gasteiger partial charge in [0.2, 0.25) is 0 Å². The number of anilines is 1. The lowest BCUT2D eigenvalue weighted by molar-refractivity contribution is 0.135. The van der Waals surface area contributed by atoms with Crippen molar-refractivity contribution in [2.45, 2.75) is 25.6 Å². The van der Waals surface area contributed by atoms with Crippen LogP contribution < -0.4 is 10.2 Å². The highest BCUT2D eigenvalue weighted by Crippen LogP contribution is 2.20. The van der Waals surface area contributed by atoms with Crippen LogP contribution in [0.25, 0.3) is 0 Å². The molecule has 0 saturated carbocycles. The standard InChI is InChI=1S/C17H23N3O/c1-13(19-12-14-8-10-18-11-9-14)17(21)15-4-6-16(7-5-15)20(2)3/h4-11,13,17,19,21H,12H2,1-3H3. The van der Waals surface area contributed by atoms with Crippen molar-refractivity contribution in [2.75, 3.05) is 19.0 Å². The van der Waals surface area contributed by atoms with Gasteiger partial charge in [-0.3, -0.25) is 4.98 Å². The first-order valence-corrected chi connectivity index (χ1v) is 7.15.